The van der Waals surface area contributed by atoms with Crippen LogP contribution in [0.2, 0.25) is 0 Å². The van der Waals surface area contributed by atoms with E-state index in [1.165, 1.54) is 30.4 Å². The van der Waals surface area contributed by atoms with Gasteiger partial charge in [-0.15, -0.1) is 0 Å². The van der Waals surface area contributed by atoms with Gasteiger partial charge in [-0.3, -0.25) is 0 Å². The Labute approximate surface area is 126 Å². The number of benzene rings is 1. The minimum Gasteiger partial charge on any atom is -0.312 e. The molecule has 20 heavy (non-hydrogen) atoms. The topological polar surface area (TPSA) is 12.0 Å². The zero-order chi connectivity index (χ0) is 15.2. The van der Waals surface area contributed by atoms with Gasteiger partial charge >= 0.3 is 0 Å². The second kappa shape index (κ2) is 7.83. The molecule has 0 heterocycles. The lowest BCUT2D eigenvalue weighted by Crippen LogP contribution is -2.41. The molecule has 0 radical (unpaired) electrons. The van der Waals surface area contributed by atoms with Crippen LogP contribution in [-0.4, -0.2) is 12.1 Å². The summed E-state index contributed by atoms with van der Waals surface area (Å²) < 4.78 is 0. The molecule has 0 aliphatic rings. The Morgan fingerprint density at radius 1 is 1.05 bits per heavy atom. The highest BCUT2D eigenvalue weighted by Crippen LogP contribution is 2.24. The number of nitrogens with one attached hydrogen (secondary N) is 1. The van der Waals surface area contributed by atoms with Gasteiger partial charge in [0.2, 0.25) is 0 Å². The van der Waals surface area contributed by atoms with E-state index in [1.54, 1.807) is 0 Å². The minimum absolute atomic E-state index is 0.205. The van der Waals surface area contributed by atoms with Crippen molar-refractivity contribution in [1.29, 1.82) is 0 Å². The van der Waals surface area contributed by atoms with Gasteiger partial charge in [0.05, 0.1) is 0 Å². The average molecular weight is 275 g/mol. The van der Waals surface area contributed by atoms with Crippen molar-refractivity contribution in [2.75, 3.05) is 6.54 Å². The van der Waals surface area contributed by atoms with Crippen LogP contribution in [0, 0.1) is 18.8 Å². The highest BCUT2D eigenvalue weighted by atomic mass is 14.9. The van der Waals surface area contributed by atoms with E-state index in [0.717, 1.165) is 18.4 Å². The molecule has 1 atom stereocenters. The second-order valence-corrected chi connectivity index (χ2v) is 7.16. The van der Waals surface area contributed by atoms with Crippen LogP contribution in [0.3, 0.4) is 0 Å². The van der Waals surface area contributed by atoms with E-state index in [0.29, 0.717) is 0 Å². The zero-order valence-corrected chi connectivity index (χ0v) is 14.3. The van der Waals surface area contributed by atoms with E-state index in [2.05, 4.69) is 71.1 Å². The summed E-state index contributed by atoms with van der Waals surface area (Å²) in [5.74, 6) is 1.54. The third-order valence-corrected chi connectivity index (χ3v) is 4.19. The normalized spacial score (nSPS) is 13.8. The van der Waals surface area contributed by atoms with E-state index in [1.807, 2.05) is 0 Å². The Morgan fingerprint density at radius 3 is 2.20 bits per heavy atom. The molecule has 0 bridgehead atoms. The lowest BCUT2D eigenvalue weighted by molar-refractivity contribution is 0.270. The third-order valence-electron chi connectivity index (χ3n) is 4.19. The van der Waals surface area contributed by atoms with Gasteiger partial charge in [0.25, 0.3) is 0 Å². The van der Waals surface area contributed by atoms with Crippen LogP contribution in [-0.2, 0) is 6.42 Å². The zero-order valence-electron chi connectivity index (χ0n) is 14.3. The van der Waals surface area contributed by atoms with Crippen LogP contribution in [0.1, 0.15) is 58.6 Å². The Bertz CT molecular complexity index is 385. The van der Waals surface area contributed by atoms with Crippen LogP contribution < -0.4 is 5.32 Å². The van der Waals surface area contributed by atoms with Gasteiger partial charge < -0.3 is 5.32 Å². The fourth-order valence-electron chi connectivity index (χ4n) is 2.94. The molecular weight excluding hydrogens is 242 g/mol. The maximum atomic E-state index is 3.71. The van der Waals surface area contributed by atoms with Gasteiger partial charge in [0.15, 0.2) is 0 Å². The highest BCUT2D eigenvalue weighted by molar-refractivity contribution is 5.22. The first-order valence-electron chi connectivity index (χ1n) is 8.16. The predicted octanol–water partition coefficient (Wildman–Crippen LogP) is 4.98. The van der Waals surface area contributed by atoms with E-state index in [4.69, 9.17) is 0 Å². The molecule has 0 spiro atoms. The Morgan fingerprint density at radius 2 is 1.70 bits per heavy atom. The second-order valence-electron chi connectivity index (χ2n) is 7.16. The number of hydrogen-bond donors (Lipinski definition) is 1. The molecule has 114 valence electrons. The van der Waals surface area contributed by atoms with Crippen molar-refractivity contribution >= 4 is 0 Å². The molecule has 1 N–H and O–H groups in total. The van der Waals surface area contributed by atoms with Crippen molar-refractivity contribution in [3.8, 4) is 0 Å². The van der Waals surface area contributed by atoms with Gasteiger partial charge in [-0.05, 0) is 58.1 Å². The summed E-state index contributed by atoms with van der Waals surface area (Å²) in [4.78, 5) is 0. The molecule has 1 unspecified atom stereocenters. The molecule has 0 saturated carbocycles. The van der Waals surface area contributed by atoms with Crippen LogP contribution in [0.4, 0.5) is 0 Å². The van der Waals surface area contributed by atoms with Crippen LogP contribution in [0.5, 0.6) is 0 Å². The minimum atomic E-state index is 0.205. The Hall–Kier alpha value is -0.820. The van der Waals surface area contributed by atoms with Gasteiger partial charge in [-0.2, -0.15) is 0 Å². The van der Waals surface area contributed by atoms with Gasteiger partial charge in [0.1, 0.15) is 0 Å². The summed E-state index contributed by atoms with van der Waals surface area (Å²) in [6.07, 6.45) is 3.74. The van der Waals surface area contributed by atoms with E-state index >= 15 is 0 Å². The van der Waals surface area contributed by atoms with Crippen LogP contribution >= 0.6 is 0 Å². The van der Waals surface area contributed by atoms with Crippen molar-refractivity contribution in [3.05, 3.63) is 35.4 Å². The van der Waals surface area contributed by atoms with E-state index in [-0.39, 0.29) is 5.54 Å². The molecule has 0 aliphatic carbocycles. The summed E-state index contributed by atoms with van der Waals surface area (Å²) in [5, 5.41) is 3.71. The molecule has 1 heteroatoms. The Balaban J connectivity index is 2.76. The van der Waals surface area contributed by atoms with E-state index in [9.17, 15) is 0 Å². The number of aryl methyl sites for hydroxylation is 1. The standard InChI is InChI=1S/C19H33N/c1-7-17(8-2)18(14-20-19(4,5)6)13-16-11-9-10-15(3)12-16/h9-12,17-18,20H,7-8,13-14H2,1-6H3. The summed E-state index contributed by atoms with van der Waals surface area (Å²) in [5.41, 5.74) is 3.06. The lowest BCUT2D eigenvalue weighted by atomic mass is 9.82. The van der Waals surface area contributed by atoms with Crippen molar-refractivity contribution < 1.29 is 0 Å². The molecule has 0 amide bonds. The number of hydrogen-bond acceptors (Lipinski definition) is 1. The molecular formula is C19H33N. The monoisotopic (exact) mass is 275 g/mol. The summed E-state index contributed by atoms with van der Waals surface area (Å²) >= 11 is 0. The molecule has 0 saturated heterocycles. The maximum absolute atomic E-state index is 3.71. The van der Waals surface area contributed by atoms with Crippen molar-refractivity contribution in [2.24, 2.45) is 11.8 Å². The fourth-order valence-corrected chi connectivity index (χ4v) is 2.94. The van der Waals surface area contributed by atoms with Gasteiger partial charge in [-0.25, -0.2) is 0 Å². The Kier molecular flexibility index (Phi) is 6.75. The first kappa shape index (κ1) is 17.2. The summed E-state index contributed by atoms with van der Waals surface area (Å²) in [6, 6.07) is 8.99. The van der Waals surface area contributed by atoms with E-state index < -0.39 is 0 Å². The third kappa shape index (κ3) is 6.09. The molecule has 0 aliphatic heterocycles. The van der Waals surface area contributed by atoms with Crippen molar-refractivity contribution in [1.82, 2.24) is 5.32 Å². The first-order chi connectivity index (χ1) is 9.35. The molecule has 1 aromatic carbocycles. The average Bonchev–Trinajstić information content (AvgIpc) is 2.36. The quantitative estimate of drug-likeness (QED) is 0.740. The van der Waals surface area contributed by atoms with Gasteiger partial charge in [0, 0.05) is 5.54 Å². The molecule has 0 fully saturated rings. The van der Waals surface area contributed by atoms with Crippen molar-refractivity contribution in [3.63, 3.8) is 0 Å². The first-order valence-corrected chi connectivity index (χ1v) is 8.16. The van der Waals surface area contributed by atoms with Crippen LogP contribution in [0.25, 0.3) is 0 Å². The predicted molar refractivity (Wildman–Crippen MR) is 90.2 cm³/mol. The highest BCUT2D eigenvalue weighted by Gasteiger charge is 2.21. The maximum Gasteiger partial charge on any atom is 0.00966 e. The lowest BCUT2D eigenvalue weighted by Gasteiger charge is -2.30. The largest absolute Gasteiger partial charge is 0.312 e. The number of rotatable bonds is 7. The van der Waals surface area contributed by atoms with Gasteiger partial charge in [-0.1, -0.05) is 56.5 Å². The SMILES string of the molecule is CCC(CC)C(CNC(C)(C)C)Cc1cccc(C)c1. The molecule has 1 aromatic rings. The molecule has 0 aromatic heterocycles. The summed E-state index contributed by atoms with van der Waals surface area (Å²) in [7, 11) is 0. The molecule has 1 rings (SSSR count). The smallest absolute Gasteiger partial charge is 0.00966 e. The van der Waals surface area contributed by atoms with Crippen LogP contribution in [0.15, 0.2) is 24.3 Å². The summed E-state index contributed by atoms with van der Waals surface area (Å²) in [6.45, 7) is 14.7. The van der Waals surface area contributed by atoms with Crippen molar-refractivity contribution in [2.45, 2.75) is 66.3 Å². The fraction of sp³-hybridized carbons (Fsp3) is 0.684. The molecule has 1 nitrogen and oxygen atoms in total.